The maximum atomic E-state index is 11.5. The maximum Gasteiger partial charge on any atom is 0.311 e. The van der Waals surface area contributed by atoms with Gasteiger partial charge in [-0.2, -0.15) is 4.37 Å². The predicted octanol–water partition coefficient (Wildman–Crippen LogP) is 2.54. The molecule has 1 aromatic rings. The van der Waals surface area contributed by atoms with E-state index in [2.05, 4.69) is 21.6 Å². The molecule has 1 heterocycles. The number of hydrogen-bond donors (Lipinski definition) is 2. The van der Waals surface area contributed by atoms with Crippen molar-refractivity contribution in [2.75, 3.05) is 11.9 Å². The Morgan fingerprint density at radius 1 is 1.56 bits per heavy atom. The van der Waals surface area contributed by atoms with Crippen LogP contribution in [0.1, 0.15) is 38.4 Å². The normalized spacial score (nSPS) is 28.0. The second kappa shape index (κ2) is 5.22. The number of anilines is 1. The molecular formula is C12H19N3O2S. The fourth-order valence-electron chi connectivity index (χ4n) is 2.39. The van der Waals surface area contributed by atoms with Crippen molar-refractivity contribution in [3.05, 3.63) is 5.82 Å². The molecule has 0 spiro atoms. The van der Waals surface area contributed by atoms with Gasteiger partial charge in [-0.3, -0.25) is 4.79 Å². The Hall–Kier alpha value is -1.17. The molecule has 0 unspecified atom stereocenters. The lowest BCUT2D eigenvalue weighted by Crippen LogP contribution is -2.41. The van der Waals surface area contributed by atoms with E-state index < -0.39 is 11.4 Å². The van der Waals surface area contributed by atoms with Crippen LogP contribution in [0, 0.1) is 18.3 Å². The third kappa shape index (κ3) is 2.80. The Kier molecular flexibility index (Phi) is 3.85. The van der Waals surface area contributed by atoms with Crippen LogP contribution in [0.25, 0.3) is 0 Å². The van der Waals surface area contributed by atoms with Crippen LogP contribution in [0.4, 0.5) is 5.13 Å². The minimum Gasteiger partial charge on any atom is -0.481 e. The van der Waals surface area contributed by atoms with Gasteiger partial charge < -0.3 is 10.4 Å². The zero-order valence-electron chi connectivity index (χ0n) is 10.8. The summed E-state index contributed by atoms with van der Waals surface area (Å²) in [5, 5.41) is 13.3. The molecule has 0 bridgehead atoms. The largest absolute Gasteiger partial charge is 0.481 e. The van der Waals surface area contributed by atoms with Crippen molar-refractivity contribution in [2.45, 2.75) is 39.5 Å². The molecule has 2 N–H and O–H groups in total. The first kappa shape index (κ1) is 13.3. The number of aliphatic carboxylic acids is 1. The number of carboxylic acid groups (broad SMARTS) is 1. The predicted molar refractivity (Wildman–Crippen MR) is 70.8 cm³/mol. The third-order valence-corrected chi connectivity index (χ3v) is 4.55. The van der Waals surface area contributed by atoms with Gasteiger partial charge in [0.1, 0.15) is 5.82 Å². The van der Waals surface area contributed by atoms with Crippen LogP contribution in [0.2, 0.25) is 0 Å². The molecule has 0 aliphatic heterocycles. The van der Waals surface area contributed by atoms with E-state index in [1.54, 1.807) is 0 Å². The highest BCUT2D eigenvalue weighted by molar-refractivity contribution is 7.09. The fourth-order valence-corrected chi connectivity index (χ4v) is 2.96. The third-order valence-electron chi connectivity index (χ3n) is 3.79. The highest BCUT2D eigenvalue weighted by atomic mass is 32.1. The molecule has 6 heteroatoms. The molecule has 2 rings (SSSR count). The molecule has 0 amide bonds. The summed E-state index contributed by atoms with van der Waals surface area (Å²) in [6.45, 7) is 4.47. The zero-order chi connectivity index (χ0) is 13.2. The average molecular weight is 269 g/mol. The quantitative estimate of drug-likeness (QED) is 0.878. The summed E-state index contributed by atoms with van der Waals surface area (Å²) in [6, 6.07) is 0. The second-order valence-corrected chi connectivity index (χ2v) is 6.02. The van der Waals surface area contributed by atoms with Gasteiger partial charge >= 0.3 is 5.97 Å². The van der Waals surface area contributed by atoms with Crippen molar-refractivity contribution in [1.29, 1.82) is 0 Å². The van der Waals surface area contributed by atoms with Crippen LogP contribution in [0.15, 0.2) is 0 Å². The number of rotatable bonds is 4. The van der Waals surface area contributed by atoms with Gasteiger partial charge in [0.25, 0.3) is 0 Å². The van der Waals surface area contributed by atoms with E-state index in [9.17, 15) is 9.90 Å². The maximum absolute atomic E-state index is 11.5. The molecular weight excluding hydrogens is 250 g/mol. The Morgan fingerprint density at radius 2 is 2.22 bits per heavy atom. The number of aryl methyl sites for hydroxylation is 1. The molecule has 1 aromatic heterocycles. The van der Waals surface area contributed by atoms with E-state index in [1.165, 1.54) is 11.5 Å². The Morgan fingerprint density at radius 3 is 2.72 bits per heavy atom. The molecule has 0 aromatic carbocycles. The van der Waals surface area contributed by atoms with Gasteiger partial charge in [-0.1, -0.05) is 6.92 Å². The summed E-state index contributed by atoms with van der Waals surface area (Å²) in [6.07, 6.45) is 3.47. The molecule has 1 fully saturated rings. The topological polar surface area (TPSA) is 75.1 Å². The van der Waals surface area contributed by atoms with E-state index in [4.69, 9.17) is 0 Å². The number of carboxylic acids is 1. The van der Waals surface area contributed by atoms with Gasteiger partial charge in [0.15, 0.2) is 0 Å². The SMILES string of the molecule is Cc1nsc(NCC2(C(=O)O)CCC(C)CC2)n1. The molecule has 0 radical (unpaired) electrons. The monoisotopic (exact) mass is 269 g/mol. The van der Waals surface area contributed by atoms with Crippen molar-refractivity contribution >= 4 is 22.6 Å². The zero-order valence-corrected chi connectivity index (χ0v) is 11.6. The van der Waals surface area contributed by atoms with Crippen molar-refractivity contribution in [1.82, 2.24) is 9.36 Å². The number of carbonyl (C=O) groups is 1. The molecule has 18 heavy (non-hydrogen) atoms. The molecule has 100 valence electrons. The van der Waals surface area contributed by atoms with Crippen LogP contribution >= 0.6 is 11.5 Å². The lowest BCUT2D eigenvalue weighted by molar-refractivity contribution is -0.150. The summed E-state index contributed by atoms with van der Waals surface area (Å²) in [7, 11) is 0. The summed E-state index contributed by atoms with van der Waals surface area (Å²) < 4.78 is 4.08. The number of aromatic nitrogens is 2. The Bertz CT molecular complexity index is 425. The Labute approximate surface area is 111 Å². The van der Waals surface area contributed by atoms with E-state index in [0.717, 1.165) is 31.5 Å². The minimum absolute atomic E-state index is 0.448. The fraction of sp³-hybridized carbons (Fsp3) is 0.750. The van der Waals surface area contributed by atoms with Gasteiger partial charge in [-0.15, -0.1) is 0 Å². The van der Waals surface area contributed by atoms with Crippen molar-refractivity contribution in [2.24, 2.45) is 11.3 Å². The molecule has 0 saturated heterocycles. The molecule has 1 saturated carbocycles. The average Bonchev–Trinajstić information content (AvgIpc) is 2.75. The number of hydrogen-bond acceptors (Lipinski definition) is 5. The first-order valence-corrected chi connectivity index (χ1v) is 7.07. The standard InChI is InChI=1S/C12H19N3O2S/c1-8-3-5-12(6-4-8,10(16)17)7-13-11-14-9(2)15-18-11/h8H,3-7H2,1-2H3,(H,16,17)(H,13,14,15). The molecule has 0 atom stereocenters. The van der Waals surface area contributed by atoms with Gasteiger partial charge in [-0.25, -0.2) is 4.98 Å². The summed E-state index contributed by atoms with van der Waals surface area (Å²) in [4.78, 5) is 15.7. The first-order chi connectivity index (χ1) is 8.52. The van der Waals surface area contributed by atoms with E-state index in [-0.39, 0.29) is 0 Å². The van der Waals surface area contributed by atoms with E-state index in [0.29, 0.717) is 17.6 Å². The first-order valence-electron chi connectivity index (χ1n) is 6.29. The number of nitrogens with zero attached hydrogens (tertiary/aromatic N) is 2. The van der Waals surface area contributed by atoms with Gasteiger partial charge in [-0.05, 0) is 38.5 Å². The smallest absolute Gasteiger partial charge is 0.311 e. The van der Waals surface area contributed by atoms with Crippen LogP contribution < -0.4 is 5.32 Å². The van der Waals surface area contributed by atoms with Crippen LogP contribution in [0.5, 0.6) is 0 Å². The summed E-state index contributed by atoms with van der Waals surface area (Å²) in [5.74, 6) is 0.675. The van der Waals surface area contributed by atoms with Gasteiger partial charge in [0.05, 0.1) is 5.41 Å². The lowest BCUT2D eigenvalue weighted by Gasteiger charge is -2.35. The van der Waals surface area contributed by atoms with Crippen molar-refractivity contribution < 1.29 is 9.90 Å². The summed E-state index contributed by atoms with van der Waals surface area (Å²) >= 11 is 1.28. The second-order valence-electron chi connectivity index (χ2n) is 5.27. The van der Waals surface area contributed by atoms with Crippen molar-refractivity contribution in [3.63, 3.8) is 0 Å². The molecule has 5 nitrogen and oxygen atoms in total. The Balaban J connectivity index is 2.00. The summed E-state index contributed by atoms with van der Waals surface area (Å²) in [5.41, 5.74) is -0.633. The van der Waals surface area contributed by atoms with Crippen LogP contribution in [-0.2, 0) is 4.79 Å². The highest BCUT2D eigenvalue weighted by Gasteiger charge is 2.41. The van der Waals surface area contributed by atoms with Crippen LogP contribution in [-0.4, -0.2) is 27.0 Å². The number of nitrogens with one attached hydrogen (secondary N) is 1. The van der Waals surface area contributed by atoms with Gasteiger partial charge in [0.2, 0.25) is 5.13 Å². The van der Waals surface area contributed by atoms with Crippen molar-refractivity contribution in [3.8, 4) is 0 Å². The van der Waals surface area contributed by atoms with Crippen LogP contribution in [0.3, 0.4) is 0 Å². The highest BCUT2D eigenvalue weighted by Crippen LogP contribution is 2.39. The molecule has 1 aliphatic carbocycles. The van der Waals surface area contributed by atoms with Gasteiger partial charge in [0, 0.05) is 18.1 Å². The minimum atomic E-state index is -0.692. The van der Waals surface area contributed by atoms with E-state index in [1.807, 2.05) is 6.92 Å². The molecule has 1 aliphatic rings. The lowest BCUT2D eigenvalue weighted by atomic mass is 9.71. The van der Waals surface area contributed by atoms with E-state index >= 15 is 0 Å².